The maximum Gasteiger partial charge on any atom is 0.252 e. The Morgan fingerprint density at radius 2 is 1.69 bits per heavy atom. The number of amides is 1. The van der Waals surface area contributed by atoms with Gasteiger partial charge in [-0.15, -0.1) is 11.3 Å². The van der Waals surface area contributed by atoms with Crippen molar-refractivity contribution in [1.82, 2.24) is 9.62 Å². The van der Waals surface area contributed by atoms with Gasteiger partial charge >= 0.3 is 0 Å². The molecular weight excluding hydrogens is 408 g/mol. The van der Waals surface area contributed by atoms with Gasteiger partial charge in [0.1, 0.15) is 9.96 Å². The molecule has 1 N–H and O–H groups in total. The van der Waals surface area contributed by atoms with Crippen molar-refractivity contribution in [2.24, 2.45) is 0 Å². The molecule has 2 aromatic carbocycles. The van der Waals surface area contributed by atoms with Crippen molar-refractivity contribution in [2.75, 3.05) is 20.7 Å². The van der Waals surface area contributed by atoms with Gasteiger partial charge in [-0.25, -0.2) is 8.42 Å². The highest BCUT2D eigenvalue weighted by atomic mass is 32.2. The molecule has 3 rings (SSSR count). The van der Waals surface area contributed by atoms with E-state index in [2.05, 4.69) is 5.32 Å². The molecule has 0 aliphatic carbocycles. The lowest BCUT2D eigenvalue weighted by molar-refractivity contribution is -0.121. The first-order valence-electron chi connectivity index (χ1n) is 8.90. The highest BCUT2D eigenvalue weighted by Gasteiger charge is 2.25. The van der Waals surface area contributed by atoms with Gasteiger partial charge in [0, 0.05) is 7.05 Å². The fraction of sp³-hybridized carbons (Fsp3) is 0.190. The van der Waals surface area contributed by atoms with Crippen LogP contribution in [0.15, 0.2) is 76.3 Å². The summed E-state index contributed by atoms with van der Waals surface area (Å²) in [6, 6.07) is 19.7. The quantitative estimate of drug-likeness (QED) is 0.595. The first kappa shape index (κ1) is 21.0. The number of nitrogens with zero attached hydrogens (tertiary/aromatic N) is 1. The molecule has 0 bridgehead atoms. The second-order valence-electron chi connectivity index (χ2n) is 6.38. The minimum atomic E-state index is -3.69. The second-order valence-corrected chi connectivity index (χ2v) is 9.60. The fourth-order valence-corrected chi connectivity index (χ4v) is 5.19. The molecule has 152 valence electrons. The van der Waals surface area contributed by atoms with Gasteiger partial charge in [-0.05, 0) is 34.7 Å². The van der Waals surface area contributed by atoms with Crippen LogP contribution in [0.4, 0.5) is 0 Å². The molecule has 0 spiro atoms. The molecule has 0 radical (unpaired) electrons. The van der Waals surface area contributed by atoms with Crippen molar-refractivity contribution in [3.05, 3.63) is 83.2 Å². The molecule has 0 saturated heterocycles. The van der Waals surface area contributed by atoms with E-state index in [0.29, 0.717) is 5.75 Å². The van der Waals surface area contributed by atoms with E-state index in [4.69, 9.17) is 4.74 Å². The summed E-state index contributed by atoms with van der Waals surface area (Å²) < 4.78 is 31.6. The maximum atomic E-state index is 12.7. The molecule has 1 heterocycles. The molecule has 0 aliphatic heterocycles. The summed E-state index contributed by atoms with van der Waals surface area (Å²) in [5.74, 6) is 0.325. The number of sulfonamides is 1. The SMILES string of the molecule is COc1ccc([C@H](NC(=O)CN(C)S(=O)(=O)c2cccs2)c2ccccc2)cc1. The van der Waals surface area contributed by atoms with E-state index in [1.165, 1.54) is 13.1 Å². The Labute approximate surface area is 174 Å². The van der Waals surface area contributed by atoms with Crippen LogP contribution in [0.25, 0.3) is 0 Å². The Kier molecular flexibility index (Phi) is 6.68. The van der Waals surface area contributed by atoms with E-state index in [0.717, 1.165) is 26.8 Å². The smallest absolute Gasteiger partial charge is 0.252 e. The van der Waals surface area contributed by atoms with Crippen LogP contribution in [0, 0.1) is 0 Å². The van der Waals surface area contributed by atoms with Gasteiger partial charge in [0.2, 0.25) is 5.91 Å². The standard InChI is InChI=1S/C21H22N2O4S2/c1-23(29(25,26)20-9-6-14-28-20)15-19(24)22-21(16-7-4-3-5-8-16)17-10-12-18(27-2)13-11-17/h3-14,21H,15H2,1-2H3,(H,22,24)/t21-/m1/s1. The third kappa shape index (κ3) is 5.03. The lowest BCUT2D eigenvalue weighted by Crippen LogP contribution is -2.39. The number of hydrogen-bond donors (Lipinski definition) is 1. The van der Waals surface area contributed by atoms with Crippen LogP contribution in [0.5, 0.6) is 5.75 Å². The van der Waals surface area contributed by atoms with Crippen LogP contribution in [0.2, 0.25) is 0 Å². The number of thiophene rings is 1. The summed E-state index contributed by atoms with van der Waals surface area (Å²) in [7, 11) is -0.695. The van der Waals surface area contributed by atoms with Crippen molar-refractivity contribution >= 4 is 27.3 Å². The minimum Gasteiger partial charge on any atom is -0.497 e. The van der Waals surface area contributed by atoms with Crippen LogP contribution >= 0.6 is 11.3 Å². The van der Waals surface area contributed by atoms with E-state index in [1.54, 1.807) is 18.6 Å². The van der Waals surface area contributed by atoms with Crippen molar-refractivity contribution in [3.63, 3.8) is 0 Å². The molecule has 0 aliphatic rings. The highest BCUT2D eigenvalue weighted by Crippen LogP contribution is 2.24. The van der Waals surface area contributed by atoms with Crippen LogP contribution in [-0.4, -0.2) is 39.3 Å². The number of benzene rings is 2. The predicted molar refractivity (Wildman–Crippen MR) is 114 cm³/mol. The van der Waals surface area contributed by atoms with Crippen molar-refractivity contribution in [3.8, 4) is 5.75 Å². The maximum absolute atomic E-state index is 12.7. The van der Waals surface area contributed by atoms with Crippen molar-refractivity contribution < 1.29 is 17.9 Å². The fourth-order valence-electron chi connectivity index (χ4n) is 2.86. The Morgan fingerprint density at radius 1 is 1.03 bits per heavy atom. The molecular formula is C21H22N2O4S2. The third-order valence-electron chi connectivity index (χ3n) is 4.41. The minimum absolute atomic E-state index is 0.211. The average molecular weight is 431 g/mol. The Balaban J connectivity index is 1.79. The van der Waals surface area contributed by atoms with Crippen LogP contribution in [0.1, 0.15) is 17.2 Å². The average Bonchev–Trinajstić information content (AvgIpc) is 3.28. The predicted octanol–water partition coefficient (Wildman–Crippen LogP) is 3.28. The van der Waals surface area contributed by atoms with Gasteiger partial charge in [-0.1, -0.05) is 48.5 Å². The Morgan fingerprint density at radius 3 is 2.28 bits per heavy atom. The van der Waals surface area contributed by atoms with Gasteiger partial charge in [-0.2, -0.15) is 4.31 Å². The lowest BCUT2D eigenvalue weighted by Gasteiger charge is -2.22. The molecule has 6 nitrogen and oxygen atoms in total. The Bertz CT molecular complexity index is 1030. The Hall–Kier alpha value is -2.68. The molecule has 3 aromatic rings. The number of methoxy groups -OCH3 is 1. The van der Waals surface area contributed by atoms with E-state index in [-0.39, 0.29) is 10.8 Å². The number of rotatable bonds is 8. The number of likely N-dealkylation sites (N-methyl/N-ethyl adjacent to an activating group) is 1. The van der Waals surface area contributed by atoms with Gasteiger partial charge in [0.15, 0.2) is 0 Å². The number of nitrogens with one attached hydrogen (secondary N) is 1. The van der Waals surface area contributed by atoms with E-state index >= 15 is 0 Å². The molecule has 8 heteroatoms. The summed E-state index contributed by atoms with van der Waals surface area (Å²) in [6.07, 6.45) is 0. The van der Waals surface area contributed by atoms with E-state index < -0.39 is 22.0 Å². The van der Waals surface area contributed by atoms with Crippen LogP contribution in [0.3, 0.4) is 0 Å². The normalized spacial score (nSPS) is 12.5. The summed E-state index contributed by atoms with van der Waals surface area (Å²) in [5, 5.41) is 4.64. The van der Waals surface area contributed by atoms with Crippen molar-refractivity contribution in [2.45, 2.75) is 10.3 Å². The first-order valence-corrected chi connectivity index (χ1v) is 11.2. The number of hydrogen-bond acceptors (Lipinski definition) is 5. The second kappa shape index (κ2) is 9.21. The van der Waals surface area contributed by atoms with E-state index in [9.17, 15) is 13.2 Å². The molecule has 0 saturated carbocycles. The largest absolute Gasteiger partial charge is 0.497 e. The molecule has 1 atom stereocenters. The van der Waals surface area contributed by atoms with E-state index in [1.807, 2.05) is 54.6 Å². The van der Waals surface area contributed by atoms with Gasteiger partial charge in [0.25, 0.3) is 10.0 Å². The summed E-state index contributed by atoms with van der Waals surface area (Å²) >= 11 is 1.12. The van der Waals surface area contributed by atoms with Gasteiger partial charge in [0.05, 0.1) is 19.7 Å². The van der Waals surface area contributed by atoms with Gasteiger partial charge < -0.3 is 10.1 Å². The van der Waals surface area contributed by atoms with Crippen LogP contribution in [-0.2, 0) is 14.8 Å². The third-order valence-corrected chi connectivity index (χ3v) is 7.59. The van der Waals surface area contributed by atoms with Crippen molar-refractivity contribution in [1.29, 1.82) is 0 Å². The number of carbonyl (C=O) groups excluding carboxylic acids is 1. The zero-order chi connectivity index (χ0) is 20.9. The zero-order valence-electron chi connectivity index (χ0n) is 16.1. The number of carbonyl (C=O) groups is 1. The molecule has 0 fully saturated rings. The topological polar surface area (TPSA) is 75.7 Å². The van der Waals surface area contributed by atoms with Gasteiger partial charge in [-0.3, -0.25) is 4.79 Å². The van der Waals surface area contributed by atoms with Crippen LogP contribution < -0.4 is 10.1 Å². The summed E-state index contributed by atoms with van der Waals surface area (Å²) in [6.45, 7) is -0.278. The highest BCUT2D eigenvalue weighted by molar-refractivity contribution is 7.91. The summed E-state index contributed by atoms with van der Waals surface area (Å²) in [5.41, 5.74) is 1.77. The zero-order valence-corrected chi connectivity index (χ0v) is 17.7. The molecule has 1 amide bonds. The molecule has 1 aromatic heterocycles. The lowest BCUT2D eigenvalue weighted by atomic mass is 9.98. The number of ether oxygens (including phenoxy) is 1. The monoisotopic (exact) mass is 430 g/mol. The molecule has 29 heavy (non-hydrogen) atoms. The first-order chi connectivity index (χ1) is 13.9. The summed E-state index contributed by atoms with van der Waals surface area (Å²) in [4.78, 5) is 12.7. The molecule has 0 unspecified atom stereocenters.